The molecule has 0 spiro atoms. The molecule has 156 valence electrons. The number of rotatable bonds is 3. The number of pyridine rings is 2. The van der Waals surface area contributed by atoms with E-state index in [1.165, 1.54) is 11.6 Å². The molecule has 3 aromatic heterocycles. The van der Waals surface area contributed by atoms with Gasteiger partial charge in [-0.2, -0.15) is 0 Å². The van der Waals surface area contributed by atoms with Crippen LogP contribution < -0.4 is 16.2 Å². The molecule has 4 unspecified atom stereocenters. The van der Waals surface area contributed by atoms with Crippen LogP contribution in [0.3, 0.4) is 0 Å². The Hall–Kier alpha value is -3.13. The van der Waals surface area contributed by atoms with Gasteiger partial charge in [-0.15, -0.1) is 0 Å². The number of H-pyrrole nitrogens is 1. The quantitative estimate of drug-likeness (QED) is 0.412. The third kappa shape index (κ3) is 3.31. The number of halogens is 1. The maximum Gasteiger partial charge on any atom is 0.138 e. The standard InChI is InChI=1S/C24H23FN6/c25-16-5-1-3-14(9-16)17-6-8-27-24-18(17)10-21(29-24)23-19-11-20(15-4-2-7-26-12-15)28-13-22(19)30-31-23/h1-10,12,19-20,22-23,28,30-31H,11,13H2,(H,27,29). The smallest absolute Gasteiger partial charge is 0.138 e. The Kier molecular flexibility index (Phi) is 4.52. The van der Waals surface area contributed by atoms with Gasteiger partial charge in [-0.3, -0.25) is 10.4 Å². The van der Waals surface area contributed by atoms with Gasteiger partial charge in [0.05, 0.1) is 6.04 Å². The summed E-state index contributed by atoms with van der Waals surface area (Å²) in [5, 5.41) is 4.65. The summed E-state index contributed by atoms with van der Waals surface area (Å²) in [6.07, 6.45) is 6.53. The van der Waals surface area contributed by atoms with E-state index in [9.17, 15) is 4.39 Å². The van der Waals surface area contributed by atoms with E-state index in [1.54, 1.807) is 18.3 Å². The molecule has 2 aliphatic rings. The number of hydrogen-bond donors (Lipinski definition) is 4. The first-order valence-corrected chi connectivity index (χ1v) is 10.6. The van der Waals surface area contributed by atoms with E-state index in [2.05, 4.69) is 43.3 Å². The lowest BCUT2D eigenvalue weighted by Gasteiger charge is -2.34. The van der Waals surface area contributed by atoms with Crippen molar-refractivity contribution < 1.29 is 4.39 Å². The third-order valence-electron chi connectivity index (χ3n) is 6.57. The van der Waals surface area contributed by atoms with E-state index in [1.807, 2.05) is 30.6 Å². The second-order valence-corrected chi connectivity index (χ2v) is 8.38. The number of piperidine rings is 1. The number of nitrogens with one attached hydrogen (secondary N) is 4. The minimum Gasteiger partial charge on any atom is -0.342 e. The van der Waals surface area contributed by atoms with E-state index < -0.39 is 0 Å². The number of nitrogens with zero attached hydrogens (tertiary/aromatic N) is 2. The van der Waals surface area contributed by atoms with Gasteiger partial charge in [-0.25, -0.2) is 14.8 Å². The van der Waals surface area contributed by atoms with Gasteiger partial charge in [0.1, 0.15) is 11.5 Å². The molecule has 0 radical (unpaired) electrons. The van der Waals surface area contributed by atoms with Crippen LogP contribution in [0.5, 0.6) is 0 Å². The molecule has 4 atom stereocenters. The normalized spacial score (nSPS) is 25.6. The van der Waals surface area contributed by atoms with Gasteiger partial charge in [-0.05, 0) is 53.4 Å². The lowest BCUT2D eigenvalue weighted by Crippen LogP contribution is -2.46. The van der Waals surface area contributed by atoms with E-state index in [0.717, 1.165) is 40.8 Å². The number of benzene rings is 1. The molecule has 2 fully saturated rings. The van der Waals surface area contributed by atoms with Crippen LogP contribution in [0.25, 0.3) is 22.2 Å². The zero-order chi connectivity index (χ0) is 20.8. The monoisotopic (exact) mass is 414 g/mol. The summed E-state index contributed by atoms with van der Waals surface area (Å²) in [6.45, 7) is 0.890. The first-order chi connectivity index (χ1) is 15.3. The number of aromatic nitrogens is 3. The Labute approximate surface area is 179 Å². The first kappa shape index (κ1) is 18.6. The van der Waals surface area contributed by atoms with Crippen LogP contribution in [0.2, 0.25) is 0 Å². The van der Waals surface area contributed by atoms with Crippen LogP contribution >= 0.6 is 0 Å². The Morgan fingerprint density at radius 2 is 1.97 bits per heavy atom. The summed E-state index contributed by atoms with van der Waals surface area (Å²) in [5.74, 6) is 0.177. The summed E-state index contributed by atoms with van der Waals surface area (Å²) < 4.78 is 13.8. The summed E-state index contributed by atoms with van der Waals surface area (Å²) in [6, 6.07) is 15.7. The van der Waals surface area contributed by atoms with Crippen molar-refractivity contribution in [1.29, 1.82) is 0 Å². The van der Waals surface area contributed by atoms with Crippen LogP contribution in [0.4, 0.5) is 4.39 Å². The van der Waals surface area contributed by atoms with Gasteiger partial charge in [0.25, 0.3) is 0 Å². The molecular formula is C24H23FN6. The molecule has 6 nitrogen and oxygen atoms in total. The second kappa shape index (κ2) is 7.53. The fourth-order valence-electron chi connectivity index (χ4n) is 5.04. The lowest BCUT2D eigenvalue weighted by molar-refractivity contribution is 0.265. The molecule has 0 bridgehead atoms. The molecule has 2 aliphatic heterocycles. The second-order valence-electron chi connectivity index (χ2n) is 8.38. The van der Waals surface area contributed by atoms with Crippen molar-refractivity contribution in [3.05, 3.63) is 84.2 Å². The van der Waals surface area contributed by atoms with E-state index >= 15 is 0 Å². The third-order valence-corrected chi connectivity index (χ3v) is 6.57. The summed E-state index contributed by atoms with van der Waals surface area (Å²) in [4.78, 5) is 12.3. The number of hydrazine groups is 1. The van der Waals surface area contributed by atoms with Crippen LogP contribution in [0, 0.1) is 11.7 Å². The SMILES string of the molecule is Fc1cccc(-c2ccnc3[nH]c(C4NNC5CNC(c6cccnc6)CC54)cc23)c1. The molecule has 4 aromatic rings. The minimum atomic E-state index is -0.237. The van der Waals surface area contributed by atoms with Crippen molar-refractivity contribution in [2.24, 2.45) is 5.92 Å². The predicted molar refractivity (Wildman–Crippen MR) is 117 cm³/mol. The van der Waals surface area contributed by atoms with Crippen molar-refractivity contribution >= 4 is 11.0 Å². The maximum absolute atomic E-state index is 13.8. The molecule has 7 heteroatoms. The topological polar surface area (TPSA) is 77.7 Å². The van der Waals surface area contributed by atoms with Crippen LogP contribution in [0.1, 0.15) is 29.8 Å². The van der Waals surface area contributed by atoms with E-state index in [0.29, 0.717) is 12.0 Å². The molecule has 0 amide bonds. The Morgan fingerprint density at radius 1 is 1.00 bits per heavy atom. The first-order valence-electron chi connectivity index (χ1n) is 10.6. The predicted octanol–water partition coefficient (Wildman–Crippen LogP) is 3.63. The lowest BCUT2D eigenvalue weighted by atomic mass is 9.81. The molecule has 6 rings (SSSR count). The van der Waals surface area contributed by atoms with Crippen molar-refractivity contribution in [3.63, 3.8) is 0 Å². The molecule has 4 N–H and O–H groups in total. The average Bonchev–Trinajstić information content (AvgIpc) is 3.43. The van der Waals surface area contributed by atoms with Crippen molar-refractivity contribution in [2.75, 3.05) is 6.54 Å². The Balaban J connectivity index is 1.34. The van der Waals surface area contributed by atoms with Gasteiger partial charge < -0.3 is 10.3 Å². The number of aromatic amines is 1. The Morgan fingerprint density at radius 3 is 2.84 bits per heavy atom. The highest BCUT2D eigenvalue weighted by molar-refractivity contribution is 5.93. The minimum absolute atomic E-state index is 0.140. The summed E-state index contributed by atoms with van der Waals surface area (Å²) in [5.41, 5.74) is 11.9. The molecule has 0 saturated carbocycles. The zero-order valence-electron chi connectivity index (χ0n) is 16.8. The maximum atomic E-state index is 13.8. The zero-order valence-corrected chi connectivity index (χ0v) is 16.8. The van der Waals surface area contributed by atoms with Gasteiger partial charge >= 0.3 is 0 Å². The van der Waals surface area contributed by atoms with Gasteiger partial charge in [0.15, 0.2) is 0 Å². The van der Waals surface area contributed by atoms with Crippen LogP contribution in [-0.2, 0) is 0 Å². The molecule has 0 aliphatic carbocycles. The molecule has 2 saturated heterocycles. The van der Waals surface area contributed by atoms with Gasteiger partial charge in [-0.1, -0.05) is 18.2 Å². The average molecular weight is 414 g/mol. The summed E-state index contributed by atoms with van der Waals surface area (Å²) in [7, 11) is 0. The fourth-order valence-corrected chi connectivity index (χ4v) is 5.04. The van der Waals surface area contributed by atoms with Crippen molar-refractivity contribution in [3.8, 4) is 11.1 Å². The highest BCUT2D eigenvalue weighted by Crippen LogP contribution is 2.39. The highest BCUT2D eigenvalue weighted by atomic mass is 19.1. The van der Waals surface area contributed by atoms with Crippen molar-refractivity contribution in [1.82, 2.24) is 31.1 Å². The molecule has 1 aromatic carbocycles. The van der Waals surface area contributed by atoms with E-state index in [4.69, 9.17) is 0 Å². The van der Waals surface area contributed by atoms with Crippen molar-refractivity contribution in [2.45, 2.75) is 24.5 Å². The molecule has 31 heavy (non-hydrogen) atoms. The summed E-state index contributed by atoms with van der Waals surface area (Å²) >= 11 is 0. The van der Waals surface area contributed by atoms with Gasteiger partial charge in [0, 0.05) is 54.2 Å². The fraction of sp³-hybridized carbons (Fsp3) is 0.250. The largest absolute Gasteiger partial charge is 0.342 e. The molecule has 5 heterocycles. The molecular weight excluding hydrogens is 391 g/mol. The van der Waals surface area contributed by atoms with E-state index in [-0.39, 0.29) is 17.9 Å². The van der Waals surface area contributed by atoms with Gasteiger partial charge in [0.2, 0.25) is 0 Å². The Bertz CT molecular complexity index is 1220. The highest BCUT2D eigenvalue weighted by Gasteiger charge is 2.42. The van der Waals surface area contributed by atoms with Crippen LogP contribution in [-0.4, -0.2) is 27.5 Å². The number of fused-ring (bicyclic) bond motifs is 2. The van der Waals surface area contributed by atoms with Crippen LogP contribution in [0.15, 0.2) is 67.1 Å². The number of hydrogen-bond acceptors (Lipinski definition) is 5.